The summed E-state index contributed by atoms with van der Waals surface area (Å²) in [5.41, 5.74) is 1.43. The second-order valence-electron chi connectivity index (χ2n) is 6.97. The number of hydrogen-bond donors (Lipinski definition) is 1. The average Bonchev–Trinajstić information content (AvgIpc) is 3.25. The molecule has 0 bridgehead atoms. The predicted molar refractivity (Wildman–Crippen MR) is 101 cm³/mol. The molecule has 1 saturated heterocycles. The van der Waals surface area contributed by atoms with Gasteiger partial charge in [0.15, 0.2) is 5.96 Å². The monoisotopic (exact) mass is 345 g/mol. The highest BCUT2D eigenvalue weighted by atomic mass is 16.5. The van der Waals surface area contributed by atoms with Crippen molar-refractivity contribution in [3.05, 3.63) is 35.9 Å². The first-order valence-electron chi connectivity index (χ1n) is 9.49. The fourth-order valence-electron chi connectivity index (χ4n) is 3.53. The maximum Gasteiger partial charge on any atom is 0.194 e. The average molecular weight is 345 g/mol. The van der Waals surface area contributed by atoms with Crippen molar-refractivity contribution in [3.63, 3.8) is 0 Å². The summed E-state index contributed by atoms with van der Waals surface area (Å²) in [7, 11) is 1.71. The second-order valence-corrected chi connectivity index (χ2v) is 6.97. The Hall–Kier alpha value is -1.59. The van der Waals surface area contributed by atoms with E-state index in [0.717, 1.165) is 32.2 Å². The number of likely N-dealkylation sites (tertiary alicyclic amines) is 1. The lowest BCUT2D eigenvalue weighted by Gasteiger charge is -2.22. The Labute approximate surface area is 151 Å². The van der Waals surface area contributed by atoms with Gasteiger partial charge in [0.05, 0.1) is 19.8 Å². The molecule has 3 rings (SSSR count). The number of aliphatic imine (C=N–C) groups is 1. The van der Waals surface area contributed by atoms with Gasteiger partial charge in [0.2, 0.25) is 0 Å². The Balaban J connectivity index is 1.47. The van der Waals surface area contributed by atoms with E-state index < -0.39 is 0 Å². The van der Waals surface area contributed by atoms with Gasteiger partial charge in [-0.25, -0.2) is 0 Å². The highest BCUT2D eigenvalue weighted by Gasteiger charge is 2.40. The number of guanidine groups is 1. The van der Waals surface area contributed by atoms with E-state index in [-0.39, 0.29) is 0 Å². The molecule has 5 heteroatoms. The Bertz CT molecular complexity index is 549. The molecule has 1 heterocycles. The van der Waals surface area contributed by atoms with Gasteiger partial charge in [0.1, 0.15) is 0 Å². The molecule has 0 aromatic heterocycles. The Morgan fingerprint density at radius 1 is 1.28 bits per heavy atom. The molecular formula is C20H31N3O2. The lowest BCUT2D eigenvalue weighted by molar-refractivity contribution is 0.0536. The molecule has 3 unspecified atom stereocenters. The maximum absolute atomic E-state index is 5.70. The van der Waals surface area contributed by atoms with Gasteiger partial charge < -0.3 is 19.7 Å². The normalized spacial score (nSPS) is 26.1. The van der Waals surface area contributed by atoms with E-state index in [0.29, 0.717) is 31.1 Å². The zero-order chi connectivity index (χ0) is 17.5. The molecule has 0 spiro atoms. The van der Waals surface area contributed by atoms with Gasteiger partial charge >= 0.3 is 0 Å². The summed E-state index contributed by atoms with van der Waals surface area (Å²) in [5, 5.41) is 3.69. The van der Waals surface area contributed by atoms with Crippen molar-refractivity contribution < 1.29 is 9.47 Å². The van der Waals surface area contributed by atoms with Crippen molar-refractivity contribution in [1.29, 1.82) is 0 Å². The molecule has 1 aromatic carbocycles. The number of nitrogens with zero attached hydrogens (tertiary/aromatic N) is 2. The van der Waals surface area contributed by atoms with Crippen LogP contribution in [0, 0.1) is 5.92 Å². The molecule has 0 amide bonds. The van der Waals surface area contributed by atoms with E-state index >= 15 is 0 Å². The van der Waals surface area contributed by atoms with Crippen LogP contribution in [0.3, 0.4) is 0 Å². The summed E-state index contributed by atoms with van der Waals surface area (Å²) in [6.07, 6.45) is 2.37. The minimum Gasteiger partial charge on any atom is -0.382 e. The molecule has 1 aliphatic carbocycles. The van der Waals surface area contributed by atoms with E-state index in [1.54, 1.807) is 7.11 Å². The van der Waals surface area contributed by atoms with Crippen molar-refractivity contribution in [3.8, 4) is 0 Å². The minimum absolute atomic E-state index is 0.518. The van der Waals surface area contributed by atoms with Gasteiger partial charge in [-0.05, 0) is 25.3 Å². The van der Waals surface area contributed by atoms with Crippen LogP contribution in [-0.2, 0) is 9.47 Å². The van der Waals surface area contributed by atoms with Crippen molar-refractivity contribution >= 4 is 5.96 Å². The van der Waals surface area contributed by atoms with Gasteiger partial charge in [-0.2, -0.15) is 0 Å². The first kappa shape index (κ1) is 18.2. The Morgan fingerprint density at radius 3 is 2.88 bits per heavy atom. The molecule has 1 aromatic rings. The van der Waals surface area contributed by atoms with E-state index in [2.05, 4.69) is 47.5 Å². The zero-order valence-corrected chi connectivity index (χ0v) is 15.5. The number of benzene rings is 1. The van der Waals surface area contributed by atoms with Crippen molar-refractivity contribution in [2.45, 2.75) is 31.7 Å². The fourth-order valence-corrected chi connectivity index (χ4v) is 3.53. The van der Waals surface area contributed by atoms with Crippen LogP contribution in [-0.4, -0.2) is 63.5 Å². The fraction of sp³-hybridized carbons (Fsp3) is 0.650. The number of hydrogen-bond acceptors (Lipinski definition) is 3. The predicted octanol–water partition coefficient (Wildman–Crippen LogP) is 2.49. The van der Waals surface area contributed by atoms with Gasteiger partial charge in [0, 0.05) is 44.6 Å². The lowest BCUT2D eigenvalue weighted by atomic mass is 10.1. The minimum atomic E-state index is 0.518. The van der Waals surface area contributed by atoms with Crippen LogP contribution in [0.1, 0.15) is 31.2 Å². The van der Waals surface area contributed by atoms with Crippen LogP contribution in [0.2, 0.25) is 0 Å². The van der Waals surface area contributed by atoms with E-state index in [4.69, 9.17) is 14.5 Å². The third-order valence-corrected chi connectivity index (χ3v) is 5.01. The first-order valence-corrected chi connectivity index (χ1v) is 9.49. The number of rotatable bonds is 8. The molecule has 2 aliphatic rings. The second kappa shape index (κ2) is 9.20. The smallest absolute Gasteiger partial charge is 0.194 e. The standard InChI is InChI=1S/C20H31N3O2/c1-3-21-20(22-19-13-18(19)17-7-5-4-6-8-17)23-10-9-16(14-23)15-25-12-11-24-2/h4-8,16,18-19H,3,9-15H2,1-2H3,(H,21,22). The Kier molecular flexibility index (Phi) is 6.70. The first-order chi connectivity index (χ1) is 12.3. The van der Waals surface area contributed by atoms with Crippen molar-refractivity contribution in [2.24, 2.45) is 10.9 Å². The largest absolute Gasteiger partial charge is 0.382 e. The third kappa shape index (κ3) is 5.19. The summed E-state index contributed by atoms with van der Waals surface area (Å²) in [5.74, 6) is 2.29. The molecule has 1 aliphatic heterocycles. The van der Waals surface area contributed by atoms with E-state index in [1.807, 2.05) is 0 Å². The quantitative estimate of drug-likeness (QED) is 0.447. The van der Waals surface area contributed by atoms with Gasteiger partial charge in [-0.15, -0.1) is 0 Å². The lowest BCUT2D eigenvalue weighted by Crippen LogP contribution is -2.42. The van der Waals surface area contributed by atoms with E-state index in [9.17, 15) is 0 Å². The Morgan fingerprint density at radius 2 is 2.12 bits per heavy atom. The van der Waals surface area contributed by atoms with Crippen LogP contribution in [0.5, 0.6) is 0 Å². The molecule has 5 nitrogen and oxygen atoms in total. The number of ether oxygens (including phenoxy) is 2. The van der Waals surface area contributed by atoms with Gasteiger partial charge in [-0.1, -0.05) is 30.3 Å². The maximum atomic E-state index is 5.70. The van der Waals surface area contributed by atoms with E-state index in [1.165, 1.54) is 18.4 Å². The summed E-state index contributed by atoms with van der Waals surface area (Å²) < 4.78 is 10.7. The van der Waals surface area contributed by atoms with Gasteiger partial charge in [-0.3, -0.25) is 4.99 Å². The van der Waals surface area contributed by atoms with Crippen molar-refractivity contribution in [2.75, 3.05) is 46.6 Å². The van der Waals surface area contributed by atoms with Crippen LogP contribution >= 0.6 is 0 Å². The van der Waals surface area contributed by atoms with Crippen LogP contribution in [0.15, 0.2) is 35.3 Å². The summed E-state index contributed by atoms with van der Waals surface area (Å²) >= 11 is 0. The van der Waals surface area contributed by atoms with Crippen LogP contribution in [0.4, 0.5) is 0 Å². The molecule has 0 radical (unpaired) electrons. The van der Waals surface area contributed by atoms with Crippen LogP contribution < -0.4 is 5.32 Å². The summed E-state index contributed by atoms with van der Waals surface area (Å²) in [6, 6.07) is 11.3. The molecule has 1 saturated carbocycles. The topological polar surface area (TPSA) is 46.1 Å². The zero-order valence-electron chi connectivity index (χ0n) is 15.5. The number of methoxy groups -OCH3 is 1. The highest BCUT2D eigenvalue weighted by Crippen LogP contribution is 2.40. The summed E-state index contributed by atoms with van der Waals surface area (Å²) in [6.45, 7) is 7.18. The number of nitrogens with one attached hydrogen (secondary N) is 1. The molecule has 138 valence electrons. The van der Waals surface area contributed by atoms with Crippen LogP contribution in [0.25, 0.3) is 0 Å². The van der Waals surface area contributed by atoms with Crippen molar-refractivity contribution in [1.82, 2.24) is 10.2 Å². The summed E-state index contributed by atoms with van der Waals surface area (Å²) in [4.78, 5) is 7.13. The van der Waals surface area contributed by atoms with Gasteiger partial charge in [0.25, 0.3) is 0 Å². The highest BCUT2D eigenvalue weighted by molar-refractivity contribution is 5.81. The molecule has 1 N–H and O–H groups in total. The molecule has 2 fully saturated rings. The molecule has 25 heavy (non-hydrogen) atoms. The molecular weight excluding hydrogens is 314 g/mol. The molecule has 3 atom stereocenters. The SMILES string of the molecule is CCN=C(NC1CC1c1ccccc1)N1CCC(COCCOC)C1. The third-order valence-electron chi connectivity index (χ3n) is 5.01.